The second kappa shape index (κ2) is 7.33. The van der Waals surface area contributed by atoms with Gasteiger partial charge in [-0.25, -0.2) is 9.55 Å². The van der Waals surface area contributed by atoms with Gasteiger partial charge in [0.25, 0.3) is 5.56 Å². The van der Waals surface area contributed by atoms with Crippen LogP contribution >= 0.6 is 22.9 Å². The molecule has 0 spiro atoms. The summed E-state index contributed by atoms with van der Waals surface area (Å²) in [5.41, 5.74) is 1.75. The second-order valence-electron chi connectivity index (χ2n) is 7.16. The van der Waals surface area contributed by atoms with Crippen LogP contribution in [0.4, 0.5) is 5.95 Å². The number of fused-ring (bicyclic) bond motifs is 3. The zero-order chi connectivity index (χ0) is 20.0. The van der Waals surface area contributed by atoms with Crippen molar-refractivity contribution >= 4 is 39.1 Å². The molecular formula is C21H19ClN4O2S. The van der Waals surface area contributed by atoms with Crippen LogP contribution in [0.1, 0.15) is 16.2 Å². The molecule has 29 heavy (non-hydrogen) atoms. The quantitative estimate of drug-likeness (QED) is 0.527. The van der Waals surface area contributed by atoms with Crippen molar-refractivity contribution in [2.24, 2.45) is 0 Å². The highest BCUT2D eigenvalue weighted by Crippen LogP contribution is 2.33. The number of nitrogens with one attached hydrogen (secondary N) is 1. The molecular weight excluding hydrogens is 408 g/mol. The van der Waals surface area contributed by atoms with E-state index in [1.807, 2.05) is 24.3 Å². The van der Waals surface area contributed by atoms with Crippen molar-refractivity contribution in [3.63, 3.8) is 0 Å². The Bertz CT molecular complexity index is 1250. The lowest BCUT2D eigenvalue weighted by atomic mass is 10.1. The van der Waals surface area contributed by atoms with E-state index in [4.69, 9.17) is 21.0 Å². The Morgan fingerprint density at radius 1 is 1.31 bits per heavy atom. The van der Waals surface area contributed by atoms with Crippen molar-refractivity contribution in [1.29, 1.82) is 0 Å². The molecule has 8 heteroatoms. The SMILES string of the molecule is CN1CCc2c(sc3nc(NCc4ccco4)n(-c4cccc(Cl)c4)c(=O)c23)C1. The molecule has 0 fully saturated rings. The number of benzene rings is 1. The number of hydrogen-bond acceptors (Lipinski definition) is 6. The summed E-state index contributed by atoms with van der Waals surface area (Å²) in [7, 11) is 2.10. The zero-order valence-corrected chi connectivity index (χ0v) is 17.4. The van der Waals surface area contributed by atoms with E-state index in [-0.39, 0.29) is 5.56 Å². The van der Waals surface area contributed by atoms with Crippen LogP contribution in [0.5, 0.6) is 0 Å². The molecule has 4 aromatic rings. The van der Waals surface area contributed by atoms with Gasteiger partial charge >= 0.3 is 0 Å². The maximum atomic E-state index is 13.6. The van der Waals surface area contributed by atoms with Crippen LogP contribution in [0, 0.1) is 0 Å². The summed E-state index contributed by atoms with van der Waals surface area (Å²) in [6, 6.07) is 11.0. The third-order valence-corrected chi connectivity index (χ3v) is 6.48. The summed E-state index contributed by atoms with van der Waals surface area (Å²) < 4.78 is 7.03. The van der Waals surface area contributed by atoms with Gasteiger partial charge in [0.05, 0.1) is 23.9 Å². The number of furan rings is 1. The average Bonchev–Trinajstić information content (AvgIpc) is 3.33. The van der Waals surface area contributed by atoms with E-state index in [1.165, 1.54) is 4.88 Å². The molecule has 1 N–H and O–H groups in total. The first-order valence-electron chi connectivity index (χ1n) is 9.38. The van der Waals surface area contributed by atoms with Crippen LogP contribution in [0.15, 0.2) is 51.9 Å². The van der Waals surface area contributed by atoms with Gasteiger partial charge in [-0.3, -0.25) is 4.79 Å². The van der Waals surface area contributed by atoms with Crippen molar-refractivity contribution in [1.82, 2.24) is 14.5 Å². The highest BCUT2D eigenvalue weighted by atomic mass is 35.5. The monoisotopic (exact) mass is 426 g/mol. The number of anilines is 1. The minimum absolute atomic E-state index is 0.0683. The van der Waals surface area contributed by atoms with Crippen molar-refractivity contribution in [2.45, 2.75) is 19.5 Å². The van der Waals surface area contributed by atoms with Crippen molar-refractivity contribution in [2.75, 3.05) is 18.9 Å². The molecule has 0 atom stereocenters. The van der Waals surface area contributed by atoms with E-state index in [1.54, 1.807) is 34.3 Å². The third-order valence-electron chi connectivity index (χ3n) is 5.13. The normalized spacial score (nSPS) is 14.3. The molecule has 4 heterocycles. The number of aromatic nitrogens is 2. The summed E-state index contributed by atoms with van der Waals surface area (Å²) in [4.78, 5) is 22.7. The predicted molar refractivity (Wildman–Crippen MR) is 116 cm³/mol. The summed E-state index contributed by atoms with van der Waals surface area (Å²) in [5.74, 6) is 1.25. The summed E-state index contributed by atoms with van der Waals surface area (Å²) >= 11 is 7.82. The van der Waals surface area contributed by atoms with Gasteiger partial charge in [0, 0.05) is 23.0 Å². The van der Waals surface area contributed by atoms with Crippen LogP contribution in [-0.4, -0.2) is 28.0 Å². The summed E-state index contributed by atoms with van der Waals surface area (Å²) in [5, 5.41) is 4.56. The van der Waals surface area contributed by atoms with Gasteiger partial charge in [-0.1, -0.05) is 17.7 Å². The molecule has 148 valence electrons. The first kappa shape index (κ1) is 18.4. The molecule has 1 aliphatic heterocycles. The number of nitrogens with zero attached hydrogens (tertiary/aromatic N) is 3. The number of halogens is 1. The lowest BCUT2D eigenvalue weighted by Crippen LogP contribution is -2.27. The number of likely N-dealkylation sites (N-methyl/N-ethyl adjacent to an activating group) is 1. The van der Waals surface area contributed by atoms with E-state index in [2.05, 4.69) is 17.3 Å². The van der Waals surface area contributed by atoms with Crippen LogP contribution < -0.4 is 10.9 Å². The molecule has 0 unspecified atom stereocenters. The fourth-order valence-electron chi connectivity index (χ4n) is 3.72. The predicted octanol–water partition coefficient (Wildman–Crippen LogP) is 4.29. The van der Waals surface area contributed by atoms with Gasteiger partial charge in [0.2, 0.25) is 5.95 Å². The van der Waals surface area contributed by atoms with E-state index < -0.39 is 0 Å². The minimum atomic E-state index is -0.0683. The van der Waals surface area contributed by atoms with Crippen LogP contribution in [-0.2, 0) is 19.5 Å². The molecule has 1 aliphatic rings. The van der Waals surface area contributed by atoms with Gasteiger partial charge < -0.3 is 14.6 Å². The van der Waals surface area contributed by atoms with E-state index in [0.29, 0.717) is 23.2 Å². The Morgan fingerprint density at radius 3 is 3.00 bits per heavy atom. The molecule has 0 aliphatic carbocycles. The molecule has 0 amide bonds. The Labute approximate surface area is 176 Å². The maximum Gasteiger partial charge on any atom is 0.268 e. The molecule has 0 bridgehead atoms. The lowest BCUT2D eigenvalue weighted by Gasteiger charge is -2.21. The highest BCUT2D eigenvalue weighted by molar-refractivity contribution is 7.18. The fraction of sp³-hybridized carbons (Fsp3) is 0.238. The van der Waals surface area contributed by atoms with E-state index >= 15 is 0 Å². The van der Waals surface area contributed by atoms with Crippen LogP contribution in [0.25, 0.3) is 15.9 Å². The highest BCUT2D eigenvalue weighted by Gasteiger charge is 2.24. The van der Waals surface area contributed by atoms with Crippen molar-refractivity contribution in [3.05, 3.63) is 74.2 Å². The maximum absolute atomic E-state index is 13.6. The average molecular weight is 427 g/mol. The zero-order valence-electron chi connectivity index (χ0n) is 15.8. The standard InChI is InChI=1S/C21H19ClN4O2S/c1-25-8-7-16-17(12-25)29-19-18(16)20(27)26(14-5-2-4-13(22)10-14)21(24-19)23-11-15-6-3-9-28-15/h2-6,9-10H,7-8,11-12H2,1H3,(H,23,24). The van der Waals surface area contributed by atoms with Crippen molar-refractivity contribution < 1.29 is 4.42 Å². The smallest absolute Gasteiger partial charge is 0.268 e. The molecule has 0 radical (unpaired) electrons. The first-order valence-corrected chi connectivity index (χ1v) is 10.6. The number of rotatable bonds is 4. The lowest BCUT2D eigenvalue weighted by molar-refractivity contribution is 0.318. The minimum Gasteiger partial charge on any atom is -0.467 e. The van der Waals surface area contributed by atoms with E-state index in [0.717, 1.165) is 41.1 Å². The first-order chi connectivity index (χ1) is 14.1. The Kier molecular flexibility index (Phi) is 4.66. The fourth-order valence-corrected chi connectivity index (χ4v) is 5.20. The van der Waals surface area contributed by atoms with E-state index in [9.17, 15) is 4.79 Å². The molecule has 1 aromatic carbocycles. The van der Waals surface area contributed by atoms with Gasteiger partial charge in [-0.05, 0) is 49.4 Å². The van der Waals surface area contributed by atoms with Crippen LogP contribution in [0.3, 0.4) is 0 Å². The van der Waals surface area contributed by atoms with Gasteiger partial charge in [-0.15, -0.1) is 11.3 Å². The van der Waals surface area contributed by atoms with Gasteiger partial charge in [0.1, 0.15) is 10.6 Å². The molecule has 5 rings (SSSR count). The van der Waals surface area contributed by atoms with Gasteiger partial charge in [-0.2, -0.15) is 0 Å². The van der Waals surface area contributed by atoms with Crippen molar-refractivity contribution in [3.8, 4) is 5.69 Å². The molecule has 0 saturated heterocycles. The topological polar surface area (TPSA) is 63.3 Å². The summed E-state index contributed by atoms with van der Waals surface area (Å²) in [6.07, 6.45) is 2.49. The number of thiophene rings is 1. The third kappa shape index (κ3) is 3.35. The number of hydrogen-bond donors (Lipinski definition) is 1. The second-order valence-corrected chi connectivity index (χ2v) is 8.68. The van der Waals surface area contributed by atoms with Gasteiger partial charge in [0.15, 0.2) is 0 Å². The molecule has 3 aromatic heterocycles. The molecule has 0 saturated carbocycles. The molecule has 6 nitrogen and oxygen atoms in total. The Hall–Kier alpha value is -2.61. The summed E-state index contributed by atoms with van der Waals surface area (Å²) in [6.45, 7) is 2.22. The van der Waals surface area contributed by atoms with Crippen LogP contribution in [0.2, 0.25) is 5.02 Å². The Morgan fingerprint density at radius 2 is 2.21 bits per heavy atom. The largest absolute Gasteiger partial charge is 0.467 e. The Balaban J connectivity index is 1.70.